The predicted octanol–water partition coefficient (Wildman–Crippen LogP) is 3.42. The average Bonchev–Trinajstić information content (AvgIpc) is 1.99. The van der Waals surface area contributed by atoms with E-state index in [-0.39, 0.29) is 0 Å². The van der Waals surface area contributed by atoms with E-state index < -0.39 is 8.32 Å². The lowest BCUT2D eigenvalue weighted by Crippen LogP contribution is -2.29. The van der Waals surface area contributed by atoms with Gasteiger partial charge in [0.25, 0.3) is 0 Å². The van der Waals surface area contributed by atoms with Crippen molar-refractivity contribution in [3.05, 3.63) is 0 Å². The van der Waals surface area contributed by atoms with Gasteiger partial charge < -0.3 is 4.43 Å². The highest BCUT2D eigenvalue weighted by Crippen LogP contribution is 2.10. The molecule has 11 heavy (non-hydrogen) atoms. The highest BCUT2D eigenvalue weighted by Gasteiger charge is 2.18. The van der Waals surface area contributed by atoms with E-state index in [4.69, 9.17) is 4.43 Å². The Kier molecular flexibility index (Phi) is 5.87. The van der Waals surface area contributed by atoms with Crippen molar-refractivity contribution in [2.45, 2.75) is 52.2 Å². The first kappa shape index (κ1) is 11.2. The van der Waals surface area contributed by atoms with Gasteiger partial charge in [0.2, 0.25) is 0 Å². The van der Waals surface area contributed by atoms with Crippen LogP contribution in [-0.2, 0) is 4.43 Å². The second kappa shape index (κ2) is 5.78. The normalized spacial score (nSPS) is 12.0. The first-order valence-electron chi connectivity index (χ1n) is 4.76. The van der Waals surface area contributed by atoms with Crippen LogP contribution < -0.4 is 0 Å². The van der Waals surface area contributed by atoms with Crippen LogP contribution in [0.25, 0.3) is 0 Å². The molecule has 0 aliphatic carbocycles. The molecule has 68 valence electrons. The van der Waals surface area contributed by atoms with Crippen molar-refractivity contribution in [3.8, 4) is 0 Å². The molecule has 2 heteroatoms. The van der Waals surface area contributed by atoms with Gasteiger partial charge in [0.15, 0.2) is 8.32 Å². The molecule has 0 saturated carbocycles. The van der Waals surface area contributed by atoms with Gasteiger partial charge in [-0.1, -0.05) is 26.7 Å². The smallest absolute Gasteiger partial charge is 0.186 e. The van der Waals surface area contributed by atoms with Crippen molar-refractivity contribution < 1.29 is 4.43 Å². The molecular formula is C9H22OSi. The van der Waals surface area contributed by atoms with Crippen LogP contribution in [-0.4, -0.2) is 14.9 Å². The minimum absolute atomic E-state index is 0.987. The van der Waals surface area contributed by atoms with Crippen LogP contribution in [0, 0.1) is 0 Å². The molecule has 0 aromatic carbocycles. The highest BCUT2D eigenvalue weighted by molar-refractivity contribution is 6.71. The summed E-state index contributed by atoms with van der Waals surface area (Å²) in [5.41, 5.74) is 0. The van der Waals surface area contributed by atoms with Gasteiger partial charge in [-0.25, -0.2) is 0 Å². The zero-order chi connectivity index (χ0) is 8.74. The van der Waals surface area contributed by atoms with Crippen LogP contribution in [0.3, 0.4) is 0 Å². The number of unbranched alkanes of at least 4 members (excludes halogenated alkanes) is 2. The van der Waals surface area contributed by atoms with E-state index in [2.05, 4.69) is 26.9 Å². The Morgan fingerprint density at radius 3 is 2.18 bits per heavy atom. The molecule has 0 aromatic heterocycles. The number of hydrogen-bond donors (Lipinski definition) is 0. The van der Waals surface area contributed by atoms with Crippen LogP contribution in [0.1, 0.15) is 33.1 Å². The summed E-state index contributed by atoms with van der Waals surface area (Å²) in [5, 5.41) is 0. The fraction of sp³-hybridized carbons (Fsp3) is 1.00. The van der Waals surface area contributed by atoms with Crippen molar-refractivity contribution in [1.29, 1.82) is 0 Å². The largest absolute Gasteiger partial charge is 0.417 e. The molecule has 0 N–H and O–H groups in total. The van der Waals surface area contributed by atoms with Gasteiger partial charge in [-0.3, -0.25) is 0 Å². The molecular weight excluding hydrogens is 152 g/mol. The Hall–Kier alpha value is 0.177. The minimum atomic E-state index is -1.23. The third kappa shape index (κ3) is 6.57. The zero-order valence-electron chi connectivity index (χ0n) is 8.44. The van der Waals surface area contributed by atoms with E-state index in [9.17, 15) is 0 Å². The van der Waals surface area contributed by atoms with Crippen LogP contribution in [0.2, 0.25) is 19.1 Å². The summed E-state index contributed by atoms with van der Waals surface area (Å²) in [6, 6.07) is 1.24. The van der Waals surface area contributed by atoms with E-state index in [1.807, 2.05) is 0 Å². The van der Waals surface area contributed by atoms with Crippen LogP contribution in [0.4, 0.5) is 0 Å². The molecule has 0 aliphatic rings. The summed E-state index contributed by atoms with van der Waals surface area (Å²) in [7, 11) is -1.23. The summed E-state index contributed by atoms with van der Waals surface area (Å²) in [6.07, 6.45) is 3.85. The minimum Gasteiger partial charge on any atom is -0.417 e. The van der Waals surface area contributed by atoms with E-state index in [0.29, 0.717) is 0 Å². The third-order valence-electron chi connectivity index (χ3n) is 2.09. The van der Waals surface area contributed by atoms with E-state index in [0.717, 1.165) is 6.61 Å². The molecule has 0 radical (unpaired) electrons. The summed E-state index contributed by atoms with van der Waals surface area (Å²) >= 11 is 0. The Morgan fingerprint density at radius 1 is 1.09 bits per heavy atom. The lowest BCUT2D eigenvalue weighted by Gasteiger charge is -2.20. The van der Waals surface area contributed by atoms with Crippen molar-refractivity contribution >= 4 is 8.32 Å². The van der Waals surface area contributed by atoms with Crippen molar-refractivity contribution in [3.63, 3.8) is 0 Å². The molecule has 0 aliphatic heterocycles. The molecule has 0 aromatic rings. The van der Waals surface area contributed by atoms with Gasteiger partial charge in [0.1, 0.15) is 0 Å². The highest BCUT2D eigenvalue weighted by atomic mass is 28.4. The Bertz CT molecular complexity index is 91.6. The van der Waals surface area contributed by atoms with E-state index >= 15 is 0 Å². The van der Waals surface area contributed by atoms with Gasteiger partial charge >= 0.3 is 0 Å². The molecule has 0 saturated heterocycles. The molecule has 1 nitrogen and oxygen atoms in total. The number of rotatable bonds is 6. The molecule has 0 heterocycles. The summed E-state index contributed by atoms with van der Waals surface area (Å²) in [5.74, 6) is 0. The first-order chi connectivity index (χ1) is 5.12. The van der Waals surface area contributed by atoms with Gasteiger partial charge in [-0.2, -0.15) is 0 Å². The fourth-order valence-corrected chi connectivity index (χ4v) is 1.70. The lowest BCUT2D eigenvalue weighted by atomic mass is 10.3. The van der Waals surface area contributed by atoms with Gasteiger partial charge in [0.05, 0.1) is 0 Å². The maximum atomic E-state index is 5.82. The SMILES string of the molecule is CCCCCO[Si](C)(C)CC. The second-order valence-electron chi connectivity index (χ2n) is 3.67. The third-order valence-corrected chi connectivity index (χ3v) is 4.78. The maximum absolute atomic E-state index is 5.82. The van der Waals surface area contributed by atoms with Crippen molar-refractivity contribution in [2.75, 3.05) is 6.61 Å². The Balaban J connectivity index is 3.23. The molecule has 0 atom stereocenters. The maximum Gasteiger partial charge on any atom is 0.186 e. The molecule has 0 amide bonds. The molecule has 0 rings (SSSR count). The lowest BCUT2D eigenvalue weighted by molar-refractivity contribution is 0.296. The fourth-order valence-electron chi connectivity index (χ4n) is 0.803. The van der Waals surface area contributed by atoms with E-state index in [1.165, 1.54) is 25.3 Å². The van der Waals surface area contributed by atoms with E-state index in [1.54, 1.807) is 0 Å². The van der Waals surface area contributed by atoms with Gasteiger partial charge in [-0.05, 0) is 25.6 Å². The standard InChI is InChI=1S/C9H22OSi/c1-5-7-8-9-10-11(3,4)6-2/h5-9H2,1-4H3. The van der Waals surface area contributed by atoms with Gasteiger partial charge in [0, 0.05) is 6.61 Å². The molecule has 0 fully saturated rings. The van der Waals surface area contributed by atoms with Crippen LogP contribution in [0.15, 0.2) is 0 Å². The molecule has 0 bridgehead atoms. The van der Waals surface area contributed by atoms with Crippen LogP contribution in [0.5, 0.6) is 0 Å². The second-order valence-corrected chi connectivity index (χ2v) is 8.18. The Labute approximate surface area is 72.3 Å². The van der Waals surface area contributed by atoms with Crippen LogP contribution >= 0.6 is 0 Å². The zero-order valence-corrected chi connectivity index (χ0v) is 9.44. The quantitative estimate of drug-likeness (QED) is 0.443. The molecule has 0 unspecified atom stereocenters. The summed E-state index contributed by atoms with van der Waals surface area (Å²) in [6.45, 7) is 10.0. The summed E-state index contributed by atoms with van der Waals surface area (Å²) in [4.78, 5) is 0. The number of hydrogen-bond acceptors (Lipinski definition) is 1. The summed E-state index contributed by atoms with van der Waals surface area (Å²) < 4.78 is 5.82. The first-order valence-corrected chi connectivity index (χ1v) is 7.88. The average molecular weight is 174 g/mol. The monoisotopic (exact) mass is 174 g/mol. The predicted molar refractivity (Wildman–Crippen MR) is 53.4 cm³/mol. The van der Waals surface area contributed by atoms with Gasteiger partial charge in [-0.15, -0.1) is 0 Å². The Morgan fingerprint density at radius 2 is 1.73 bits per heavy atom. The topological polar surface area (TPSA) is 9.23 Å². The van der Waals surface area contributed by atoms with Crippen molar-refractivity contribution in [1.82, 2.24) is 0 Å². The molecule has 0 spiro atoms. The van der Waals surface area contributed by atoms with Crippen molar-refractivity contribution in [2.24, 2.45) is 0 Å².